The first-order chi connectivity index (χ1) is 21.0. The summed E-state index contributed by atoms with van der Waals surface area (Å²) < 4.78 is 3.98. The standard InChI is InChI=1S/C19H21N3O.C17H15ClN2O/c1-13-5-8-15(9-6-13)19-16(11-18(23)21(3)4)22-12-14(2)7-10-17(22)20-19;1-11-3-6-13(7-4-11)17-14(9-15(18)21)20-10-12(2)5-8-16(20)19-17/h5-10,12H,11H2,1-4H3;3-8,10H,9H2,1-2H3. The molecule has 0 saturated carbocycles. The van der Waals surface area contributed by atoms with E-state index < -0.39 is 0 Å². The highest BCUT2D eigenvalue weighted by atomic mass is 35.5. The Hall–Kier alpha value is -4.75. The molecular weight excluding hydrogens is 570 g/mol. The molecule has 44 heavy (non-hydrogen) atoms. The maximum absolute atomic E-state index is 12.3. The summed E-state index contributed by atoms with van der Waals surface area (Å²) in [5.74, 6) is 0.0710. The SMILES string of the molecule is Cc1ccc(-c2nc3ccc(C)cn3c2CC(=O)Cl)cc1.Cc1ccc(-c2nc3ccc(C)cn3c2CC(=O)N(C)C)cc1. The molecule has 0 saturated heterocycles. The largest absolute Gasteiger partial charge is 0.348 e. The Morgan fingerprint density at radius 3 is 1.39 bits per heavy atom. The lowest BCUT2D eigenvalue weighted by Crippen LogP contribution is -2.24. The average molecular weight is 606 g/mol. The Labute approximate surface area is 262 Å². The number of imidazole rings is 2. The summed E-state index contributed by atoms with van der Waals surface area (Å²) in [6.45, 7) is 8.16. The van der Waals surface area contributed by atoms with Crippen molar-refractivity contribution < 1.29 is 9.59 Å². The minimum atomic E-state index is -0.383. The molecule has 4 aromatic heterocycles. The molecule has 6 aromatic rings. The van der Waals surface area contributed by atoms with Gasteiger partial charge >= 0.3 is 0 Å². The first-order valence-corrected chi connectivity index (χ1v) is 14.9. The van der Waals surface area contributed by atoms with Gasteiger partial charge in [-0.05, 0) is 62.6 Å². The lowest BCUT2D eigenvalue weighted by Gasteiger charge is -2.11. The van der Waals surface area contributed by atoms with Crippen molar-refractivity contribution in [2.75, 3.05) is 14.1 Å². The predicted molar refractivity (Wildman–Crippen MR) is 177 cm³/mol. The topological polar surface area (TPSA) is 72.0 Å². The lowest BCUT2D eigenvalue weighted by molar-refractivity contribution is -0.128. The van der Waals surface area contributed by atoms with Crippen molar-refractivity contribution in [1.82, 2.24) is 23.7 Å². The van der Waals surface area contributed by atoms with Crippen LogP contribution in [0.2, 0.25) is 0 Å². The molecule has 2 aromatic carbocycles. The smallest absolute Gasteiger partial charge is 0.228 e. The summed E-state index contributed by atoms with van der Waals surface area (Å²) in [6, 6.07) is 24.4. The molecule has 0 fully saturated rings. The van der Waals surface area contributed by atoms with Crippen molar-refractivity contribution in [2.45, 2.75) is 40.5 Å². The van der Waals surface area contributed by atoms with Crippen LogP contribution in [0.3, 0.4) is 0 Å². The maximum atomic E-state index is 12.3. The van der Waals surface area contributed by atoms with Crippen molar-refractivity contribution in [1.29, 1.82) is 0 Å². The molecule has 0 unspecified atom stereocenters. The molecule has 0 aliphatic rings. The third-order valence-corrected chi connectivity index (χ3v) is 7.64. The number of aromatic nitrogens is 4. The zero-order valence-corrected chi connectivity index (χ0v) is 26.7. The van der Waals surface area contributed by atoms with Crippen LogP contribution in [0, 0.1) is 27.7 Å². The number of likely N-dealkylation sites (N-methyl/N-ethyl adjacent to an activating group) is 1. The van der Waals surface area contributed by atoms with E-state index in [0.29, 0.717) is 6.42 Å². The maximum Gasteiger partial charge on any atom is 0.228 e. The van der Waals surface area contributed by atoms with Crippen molar-refractivity contribution in [3.05, 3.63) is 119 Å². The van der Waals surface area contributed by atoms with Gasteiger partial charge < -0.3 is 13.7 Å². The molecule has 0 aliphatic heterocycles. The van der Waals surface area contributed by atoms with Crippen LogP contribution in [-0.4, -0.2) is 48.9 Å². The fraction of sp³-hybridized carbons (Fsp3) is 0.222. The fourth-order valence-corrected chi connectivity index (χ4v) is 5.18. The van der Waals surface area contributed by atoms with Gasteiger partial charge in [-0.25, -0.2) is 9.97 Å². The quantitative estimate of drug-likeness (QED) is 0.189. The number of benzene rings is 2. The number of pyridine rings is 2. The van der Waals surface area contributed by atoms with Gasteiger partial charge in [0.2, 0.25) is 11.1 Å². The molecule has 0 aliphatic carbocycles. The van der Waals surface area contributed by atoms with Gasteiger partial charge in [0.1, 0.15) is 11.3 Å². The third-order valence-electron chi connectivity index (χ3n) is 7.50. The fourth-order valence-electron chi connectivity index (χ4n) is 5.06. The summed E-state index contributed by atoms with van der Waals surface area (Å²) in [4.78, 5) is 34.7. The molecule has 6 rings (SSSR count). The number of hydrogen-bond acceptors (Lipinski definition) is 4. The summed E-state index contributed by atoms with van der Waals surface area (Å²) in [5.41, 5.74) is 11.8. The number of hydrogen-bond donors (Lipinski definition) is 0. The molecule has 0 radical (unpaired) electrons. The Morgan fingerprint density at radius 1 is 0.614 bits per heavy atom. The highest BCUT2D eigenvalue weighted by Crippen LogP contribution is 2.27. The van der Waals surface area contributed by atoms with E-state index in [9.17, 15) is 9.59 Å². The molecule has 0 N–H and O–H groups in total. The molecule has 0 atom stereocenters. The minimum Gasteiger partial charge on any atom is -0.348 e. The van der Waals surface area contributed by atoms with E-state index >= 15 is 0 Å². The predicted octanol–water partition coefficient (Wildman–Crippen LogP) is 7.17. The normalized spacial score (nSPS) is 11.0. The summed E-state index contributed by atoms with van der Waals surface area (Å²) in [6.07, 6.45) is 4.52. The van der Waals surface area contributed by atoms with E-state index in [4.69, 9.17) is 16.6 Å². The minimum absolute atomic E-state index is 0.0710. The van der Waals surface area contributed by atoms with Gasteiger partial charge in [0.25, 0.3) is 0 Å². The number of halogens is 1. The number of amides is 1. The Kier molecular flexibility index (Phi) is 8.97. The zero-order chi connectivity index (χ0) is 31.5. The second-order valence-electron chi connectivity index (χ2n) is 11.4. The van der Waals surface area contributed by atoms with Crippen LogP contribution >= 0.6 is 11.6 Å². The second-order valence-corrected chi connectivity index (χ2v) is 11.8. The zero-order valence-electron chi connectivity index (χ0n) is 25.9. The van der Waals surface area contributed by atoms with Crippen LogP contribution in [0.4, 0.5) is 0 Å². The first kappa shape index (κ1) is 30.7. The number of fused-ring (bicyclic) bond motifs is 2. The van der Waals surface area contributed by atoms with Crippen LogP contribution in [0.25, 0.3) is 33.8 Å². The van der Waals surface area contributed by atoms with E-state index in [1.54, 1.807) is 19.0 Å². The average Bonchev–Trinajstić information content (AvgIpc) is 3.51. The summed E-state index contributed by atoms with van der Waals surface area (Å²) >= 11 is 5.61. The lowest BCUT2D eigenvalue weighted by atomic mass is 10.1. The van der Waals surface area contributed by atoms with Crippen molar-refractivity contribution >= 4 is 34.0 Å². The van der Waals surface area contributed by atoms with E-state index in [-0.39, 0.29) is 17.6 Å². The van der Waals surface area contributed by atoms with Crippen LogP contribution in [0.5, 0.6) is 0 Å². The van der Waals surface area contributed by atoms with Gasteiger partial charge in [0.05, 0.1) is 35.6 Å². The van der Waals surface area contributed by atoms with Crippen molar-refractivity contribution in [3.8, 4) is 22.5 Å². The van der Waals surface area contributed by atoms with Gasteiger partial charge in [-0.3, -0.25) is 9.59 Å². The number of aryl methyl sites for hydroxylation is 4. The van der Waals surface area contributed by atoms with Crippen molar-refractivity contribution in [3.63, 3.8) is 0 Å². The van der Waals surface area contributed by atoms with E-state index in [2.05, 4.69) is 36.2 Å². The van der Waals surface area contributed by atoms with E-state index in [0.717, 1.165) is 56.3 Å². The van der Waals surface area contributed by atoms with Crippen LogP contribution in [0.1, 0.15) is 33.6 Å². The Morgan fingerprint density at radius 2 is 1.00 bits per heavy atom. The third kappa shape index (κ3) is 6.74. The molecule has 1 amide bonds. The monoisotopic (exact) mass is 605 g/mol. The Bertz CT molecular complexity index is 1970. The van der Waals surface area contributed by atoms with E-state index in [1.165, 1.54) is 11.1 Å². The number of carbonyl (C=O) groups excluding carboxylic acids is 2. The van der Waals surface area contributed by atoms with Crippen LogP contribution in [-0.2, 0) is 22.4 Å². The van der Waals surface area contributed by atoms with Crippen LogP contribution < -0.4 is 0 Å². The molecule has 0 bridgehead atoms. The number of carbonyl (C=O) groups is 2. The van der Waals surface area contributed by atoms with Crippen molar-refractivity contribution in [2.24, 2.45) is 0 Å². The highest BCUT2D eigenvalue weighted by Gasteiger charge is 2.18. The van der Waals surface area contributed by atoms with Crippen LogP contribution in [0.15, 0.2) is 85.2 Å². The first-order valence-electron chi connectivity index (χ1n) is 14.5. The molecule has 224 valence electrons. The summed E-state index contributed by atoms with van der Waals surface area (Å²) in [7, 11) is 3.56. The molecule has 4 heterocycles. The van der Waals surface area contributed by atoms with Gasteiger partial charge in [-0.2, -0.15) is 0 Å². The van der Waals surface area contributed by atoms with Gasteiger partial charge in [0.15, 0.2) is 0 Å². The molecule has 0 spiro atoms. The van der Waals surface area contributed by atoms with Gasteiger partial charge in [-0.1, -0.05) is 71.8 Å². The Balaban J connectivity index is 0.000000175. The van der Waals surface area contributed by atoms with E-state index in [1.807, 2.05) is 90.5 Å². The van der Waals surface area contributed by atoms with Gasteiger partial charge in [-0.15, -0.1) is 0 Å². The molecule has 8 heteroatoms. The highest BCUT2D eigenvalue weighted by molar-refractivity contribution is 6.63. The van der Waals surface area contributed by atoms with Gasteiger partial charge in [0, 0.05) is 37.6 Å². The second kappa shape index (κ2) is 12.9. The number of nitrogens with zero attached hydrogens (tertiary/aromatic N) is 5. The molecular formula is C36H36ClN5O2. The molecule has 7 nitrogen and oxygen atoms in total. The summed E-state index contributed by atoms with van der Waals surface area (Å²) in [5, 5.41) is -0.383. The number of rotatable bonds is 6.